The maximum Gasteiger partial charge on any atom is 0.319 e. The van der Waals surface area contributed by atoms with Gasteiger partial charge in [-0.3, -0.25) is 0 Å². The highest BCUT2D eigenvalue weighted by Gasteiger charge is 2.42. The molecule has 6 heteroatoms. The number of aliphatic hydroxyl groups is 1. The standard InChI is InChI=1S/C14H19ClN2O3/c1-2-20-12-10(15)4-3-5-11(12)17-13(19)16-8-14(9-18)6-7-14/h3-5,18H,2,6-9H2,1H3,(H2,16,17,19). The molecule has 5 nitrogen and oxygen atoms in total. The summed E-state index contributed by atoms with van der Waals surface area (Å²) in [6.07, 6.45) is 1.90. The zero-order valence-corrected chi connectivity index (χ0v) is 12.2. The quantitative estimate of drug-likeness (QED) is 0.756. The number of carbonyl (C=O) groups excluding carboxylic acids is 1. The Kier molecular flexibility index (Phi) is 4.73. The molecular formula is C14H19ClN2O3. The molecule has 0 atom stereocenters. The van der Waals surface area contributed by atoms with Crippen LogP contribution in [0, 0.1) is 5.41 Å². The summed E-state index contributed by atoms with van der Waals surface area (Å²) in [7, 11) is 0. The smallest absolute Gasteiger partial charge is 0.319 e. The lowest BCUT2D eigenvalue weighted by molar-refractivity contribution is 0.206. The van der Waals surface area contributed by atoms with E-state index in [1.165, 1.54) is 0 Å². The Morgan fingerprint density at radius 2 is 2.25 bits per heavy atom. The number of para-hydroxylation sites is 1. The zero-order chi connectivity index (χ0) is 14.6. The van der Waals surface area contributed by atoms with Crippen LogP contribution in [0.15, 0.2) is 18.2 Å². The molecule has 1 aliphatic carbocycles. The third kappa shape index (κ3) is 3.55. The van der Waals surface area contributed by atoms with Crippen molar-refractivity contribution < 1.29 is 14.6 Å². The van der Waals surface area contributed by atoms with Crippen LogP contribution in [0.2, 0.25) is 5.02 Å². The lowest BCUT2D eigenvalue weighted by Gasteiger charge is -2.15. The Morgan fingerprint density at radius 1 is 1.50 bits per heavy atom. The number of nitrogens with one attached hydrogen (secondary N) is 2. The van der Waals surface area contributed by atoms with Crippen molar-refractivity contribution in [3.05, 3.63) is 23.2 Å². The van der Waals surface area contributed by atoms with Crippen LogP contribution < -0.4 is 15.4 Å². The van der Waals surface area contributed by atoms with Crippen molar-refractivity contribution >= 4 is 23.3 Å². The SMILES string of the molecule is CCOc1c(Cl)cccc1NC(=O)NCC1(CO)CC1. The van der Waals surface area contributed by atoms with Crippen LogP contribution in [0.1, 0.15) is 19.8 Å². The van der Waals surface area contributed by atoms with E-state index in [2.05, 4.69) is 10.6 Å². The maximum absolute atomic E-state index is 11.9. The number of aliphatic hydroxyl groups excluding tert-OH is 1. The Balaban J connectivity index is 1.95. The number of anilines is 1. The molecule has 1 saturated carbocycles. The number of rotatable bonds is 6. The molecule has 0 unspecified atom stereocenters. The van der Waals surface area contributed by atoms with Gasteiger partial charge in [-0.2, -0.15) is 0 Å². The molecule has 1 aromatic carbocycles. The Hall–Kier alpha value is -1.46. The Bertz CT molecular complexity index is 489. The average molecular weight is 299 g/mol. The molecule has 0 radical (unpaired) electrons. The van der Waals surface area contributed by atoms with Crippen LogP contribution in [0.3, 0.4) is 0 Å². The number of carbonyl (C=O) groups is 1. The van der Waals surface area contributed by atoms with Crippen molar-refractivity contribution in [2.75, 3.05) is 25.1 Å². The predicted octanol–water partition coefficient (Wildman–Crippen LogP) is 2.63. The molecule has 110 valence electrons. The fourth-order valence-electron chi connectivity index (χ4n) is 1.90. The van der Waals surface area contributed by atoms with Gasteiger partial charge in [-0.25, -0.2) is 4.79 Å². The van der Waals surface area contributed by atoms with Crippen LogP contribution in [0.5, 0.6) is 5.75 Å². The molecule has 0 bridgehead atoms. The van der Waals surface area contributed by atoms with E-state index in [0.29, 0.717) is 29.6 Å². The molecule has 0 aliphatic heterocycles. The summed E-state index contributed by atoms with van der Waals surface area (Å²) in [6.45, 7) is 2.90. The van der Waals surface area contributed by atoms with E-state index in [0.717, 1.165) is 12.8 Å². The van der Waals surface area contributed by atoms with Gasteiger partial charge in [0.25, 0.3) is 0 Å². The molecule has 1 aliphatic rings. The Labute approximate surface area is 123 Å². The first-order valence-corrected chi connectivity index (χ1v) is 7.05. The van der Waals surface area contributed by atoms with Crippen LogP contribution in [0.4, 0.5) is 10.5 Å². The number of hydrogen-bond donors (Lipinski definition) is 3. The van der Waals surface area contributed by atoms with Gasteiger partial charge in [-0.15, -0.1) is 0 Å². The summed E-state index contributed by atoms with van der Waals surface area (Å²) in [5.74, 6) is 0.468. The lowest BCUT2D eigenvalue weighted by atomic mass is 10.1. The van der Waals surface area contributed by atoms with Crippen molar-refractivity contribution in [3.8, 4) is 5.75 Å². The van der Waals surface area contributed by atoms with Gasteiger partial charge in [0, 0.05) is 12.0 Å². The highest BCUT2D eigenvalue weighted by molar-refractivity contribution is 6.32. The molecule has 0 saturated heterocycles. The first-order chi connectivity index (χ1) is 9.60. The van der Waals surface area contributed by atoms with Gasteiger partial charge < -0.3 is 20.5 Å². The first kappa shape index (κ1) is 14.9. The van der Waals surface area contributed by atoms with E-state index in [1.54, 1.807) is 18.2 Å². The van der Waals surface area contributed by atoms with E-state index in [1.807, 2.05) is 6.92 Å². The summed E-state index contributed by atoms with van der Waals surface area (Å²) in [5, 5.41) is 15.1. The third-order valence-electron chi connectivity index (χ3n) is 3.42. The van der Waals surface area contributed by atoms with Gasteiger partial charge in [0.05, 0.1) is 23.9 Å². The highest BCUT2D eigenvalue weighted by atomic mass is 35.5. The molecule has 0 heterocycles. The molecule has 1 aromatic rings. The fraction of sp³-hybridized carbons (Fsp3) is 0.500. The normalized spacial score (nSPS) is 15.6. The molecular weight excluding hydrogens is 280 g/mol. The van der Waals surface area contributed by atoms with Crippen LogP contribution in [-0.2, 0) is 0 Å². The van der Waals surface area contributed by atoms with Crippen molar-refractivity contribution in [3.63, 3.8) is 0 Å². The van der Waals surface area contributed by atoms with E-state index in [-0.39, 0.29) is 18.1 Å². The number of hydrogen-bond acceptors (Lipinski definition) is 3. The first-order valence-electron chi connectivity index (χ1n) is 6.67. The number of ether oxygens (including phenoxy) is 1. The van der Waals surface area contributed by atoms with Crippen molar-refractivity contribution in [2.24, 2.45) is 5.41 Å². The predicted molar refractivity (Wildman–Crippen MR) is 78.4 cm³/mol. The van der Waals surface area contributed by atoms with Crippen LogP contribution in [-0.4, -0.2) is 30.9 Å². The van der Waals surface area contributed by atoms with Gasteiger partial charge in [-0.05, 0) is 31.9 Å². The summed E-state index contributed by atoms with van der Waals surface area (Å²) in [5.41, 5.74) is 0.416. The summed E-state index contributed by atoms with van der Waals surface area (Å²) < 4.78 is 5.43. The molecule has 1 fully saturated rings. The van der Waals surface area contributed by atoms with Crippen molar-refractivity contribution in [1.82, 2.24) is 5.32 Å². The van der Waals surface area contributed by atoms with Gasteiger partial charge in [0.15, 0.2) is 5.75 Å². The largest absolute Gasteiger partial charge is 0.490 e. The molecule has 0 spiro atoms. The second-order valence-corrected chi connectivity index (χ2v) is 5.42. The van der Waals surface area contributed by atoms with Crippen LogP contribution >= 0.6 is 11.6 Å². The number of halogens is 1. The summed E-state index contributed by atoms with van der Waals surface area (Å²) in [6, 6.07) is 4.86. The summed E-state index contributed by atoms with van der Waals surface area (Å²) in [4.78, 5) is 11.9. The average Bonchev–Trinajstić information content (AvgIpc) is 3.21. The highest BCUT2D eigenvalue weighted by Crippen LogP contribution is 2.44. The Morgan fingerprint density at radius 3 is 2.85 bits per heavy atom. The van der Waals surface area contributed by atoms with Crippen molar-refractivity contribution in [2.45, 2.75) is 19.8 Å². The molecule has 2 amide bonds. The number of benzene rings is 1. The van der Waals surface area contributed by atoms with Crippen LogP contribution in [0.25, 0.3) is 0 Å². The molecule has 3 N–H and O–H groups in total. The van der Waals surface area contributed by atoms with Crippen molar-refractivity contribution in [1.29, 1.82) is 0 Å². The number of amides is 2. The van der Waals surface area contributed by atoms with Gasteiger partial charge >= 0.3 is 6.03 Å². The number of urea groups is 1. The minimum atomic E-state index is -0.326. The van der Waals surface area contributed by atoms with Gasteiger partial charge in [-0.1, -0.05) is 17.7 Å². The van der Waals surface area contributed by atoms with Gasteiger partial charge in [0.1, 0.15) is 0 Å². The van der Waals surface area contributed by atoms with Gasteiger partial charge in [0.2, 0.25) is 0 Å². The molecule has 20 heavy (non-hydrogen) atoms. The zero-order valence-electron chi connectivity index (χ0n) is 11.4. The lowest BCUT2D eigenvalue weighted by Crippen LogP contribution is -2.35. The topological polar surface area (TPSA) is 70.6 Å². The van der Waals surface area contributed by atoms with E-state index >= 15 is 0 Å². The monoisotopic (exact) mass is 298 g/mol. The molecule has 0 aromatic heterocycles. The van der Waals surface area contributed by atoms with E-state index < -0.39 is 0 Å². The van der Waals surface area contributed by atoms with E-state index in [4.69, 9.17) is 16.3 Å². The minimum Gasteiger partial charge on any atom is -0.490 e. The maximum atomic E-state index is 11.9. The van der Waals surface area contributed by atoms with E-state index in [9.17, 15) is 9.90 Å². The minimum absolute atomic E-state index is 0.106. The molecule has 2 rings (SSSR count). The fourth-order valence-corrected chi connectivity index (χ4v) is 2.13. The second kappa shape index (κ2) is 6.33. The second-order valence-electron chi connectivity index (χ2n) is 5.02. The summed E-state index contributed by atoms with van der Waals surface area (Å²) >= 11 is 6.04. The third-order valence-corrected chi connectivity index (χ3v) is 3.72.